The second kappa shape index (κ2) is 6.64. The van der Waals surface area contributed by atoms with Gasteiger partial charge < -0.3 is 15.7 Å². The molecule has 0 aliphatic carbocycles. The summed E-state index contributed by atoms with van der Waals surface area (Å²) in [6.07, 6.45) is 2.61. The van der Waals surface area contributed by atoms with E-state index in [4.69, 9.17) is 0 Å². The molecular weight excluding hydrogens is 282 g/mol. The third-order valence-corrected chi connectivity index (χ3v) is 4.39. The molecule has 7 nitrogen and oxygen atoms in total. The maximum absolute atomic E-state index is 12.1. The van der Waals surface area contributed by atoms with Crippen molar-refractivity contribution in [1.82, 2.24) is 25.4 Å². The number of carbonyl (C=O) groups is 1. The molecular formula is C15H27N5O2. The maximum atomic E-state index is 12.1. The van der Waals surface area contributed by atoms with E-state index in [1.807, 2.05) is 25.5 Å². The quantitative estimate of drug-likeness (QED) is 0.766. The van der Waals surface area contributed by atoms with Crippen molar-refractivity contribution in [3.63, 3.8) is 0 Å². The van der Waals surface area contributed by atoms with Crippen molar-refractivity contribution in [3.8, 4) is 0 Å². The highest BCUT2D eigenvalue weighted by Gasteiger charge is 2.28. The molecule has 0 aromatic carbocycles. The van der Waals surface area contributed by atoms with E-state index in [9.17, 15) is 9.90 Å². The lowest BCUT2D eigenvalue weighted by Crippen LogP contribution is -2.48. The Bertz CT molecular complexity index is 524. The van der Waals surface area contributed by atoms with Gasteiger partial charge in [-0.1, -0.05) is 20.8 Å². The first-order chi connectivity index (χ1) is 10.3. The third-order valence-electron chi connectivity index (χ3n) is 4.39. The van der Waals surface area contributed by atoms with Crippen LogP contribution in [0.2, 0.25) is 0 Å². The van der Waals surface area contributed by atoms with Crippen molar-refractivity contribution in [1.29, 1.82) is 0 Å². The van der Waals surface area contributed by atoms with Crippen molar-refractivity contribution >= 4 is 6.03 Å². The second-order valence-electron chi connectivity index (χ2n) is 6.50. The average Bonchev–Trinajstić information content (AvgIpc) is 2.89. The fourth-order valence-electron chi connectivity index (χ4n) is 2.36. The first kappa shape index (κ1) is 16.7. The molecule has 0 bridgehead atoms. The van der Waals surface area contributed by atoms with E-state index >= 15 is 0 Å². The molecule has 1 aromatic rings. The monoisotopic (exact) mass is 309 g/mol. The molecule has 124 valence electrons. The topological polar surface area (TPSA) is 92.1 Å². The lowest BCUT2D eigenvalue weighted by molar-refractivity contribution is 0.0165. The van der Waals surface area contributed by atoms with Crippen LogP contribution < -0.4 is 10.6 Å². The number of amides is 2. The van der Waals surface area contributed by atoms with Gasteiger partial charge in [-0.3, -0.25) is 0 Å². The molecule has 0 fully saturated rings. The summed E-state index contributed by atoms with van der Waals surface area (Å²) in [5.74, 6) is 1.71. The minimum absolute atomic E-state index is 0.0673. The van der Waals surface area contributed by atoms with Crippen LogP contribution in [0.25, 0.3) is 0 Å². The van der Waals surface area contributed by atoms with Gasteiger partial charge in [-0.15, -0.1) is 0 Å². The first-order valence-corrected chi connectivity index (χ1v) is 8.04. The summed E-state index contributed by atoms with van der Waals surface area (Å²) < 4.78 is 1.89. The number of aryl methyl sites for hydroxylation is 2. The summed E-state index contributed by atoms with van der Waals surface area (Å²) in [5.41, 5.74) is -0.917. The van der Waals surface area contributed by atoms with Crippen molar-refractivity contribution in [2.45, 2.75) is 65.1 Å². The summed E-state index contributed by atoms with van der Waals surface area (Å²) in [6, 6.07) is -0.397. The molecule has 2 unspecified atom stereocenters. The fraction of sp³-hybridized carbons (Fsp3) is 0.800. The van der Waals surface area contributed by atoms with E-state index in [1.165, 1.54) is 0 Å². The number of carbonyl (C=O) groups excluding carboxylic acids is 1. The van der Waals surface area contributed by atoms with Gasteiger partial charge in [0.1, 0.15) is 5.82 Å². The standard InChI is InChI=1S/C15H27N5O2/c1-5-12-18-13-11(7-6-8-20(13)19-12)17-14(21)16-9-15(4,22)10(2)3/h10-11,22H,5-9H2,1-4H3,(H2,16,17,21). The predicted molar refractivity (Wildman–Crippen MR) is 83.4 cm³/mol. The van der Waals surface area contributed by atoms with Gasteiger partial charge in [-0.05, 0) is 25.7 Å². The molecule has 0 saturated heterocycles. The lowest BCUT2D eigenvalue weighted by atomic mass is 9.93. The van der Waals surface area contributed by atoms with Crippen molar-refractivity contribution in [3.05, 3.63) is 11.6 Å². The van der Waals surface area contributed by atoms with Crippen LogP contribution in [0.15, 0.2) is 0 Å². The smallest absolute Gasteiger partial charge is 0.315 e. The van der Waals surface area contributed by atoms with E-state index in [0.717, 1.165) is 37.5 Å². The number of aliphatic hydroxyl groups is 1. The molecule has 7 heteroatoms. The van der Waals surface area contributed by atoms with Gasteiger partial charge in [0, 0.05) is 19.5 Å². The molecule has 2 rings (SSSR count). The SMILES string of the molecule is CCc1nc2n(n1)CCCC2NC(=O)NCC(C)(O)C(C)C. The Hall–Kier alpha value is -1.63. The van der Waals surface area contributed by atoms with Gasteiger partial charge in [0.25, 0.3) is 0 Å². The van der Waals surface area contributed by atoms with E-state index < -0.39 is 5.60 Å². The normalized spacial score (nSPS) is 20.4. The molecule has 2 amide bonds. The Morgan fingerprint density at radius 3 is 2.91 bits per heavy atom. The van der Waals surface area contributed by atoms with E-state index in [2.05, 4.69) is 20.7 Å². The number of nitrogens with one attached hydrogen (secondary N) is 2. The van der Waals surface area contributed by atoms with Crippen LogP contribution >= 0.6 is 0 Å². The average molecular weight is 309 g/mol. The van der Waals surface area contributed by atoms with Gasteiger partial charge >= 0.3 is 6.03 Å². The highest BCUT2D eigenvalue weighted by molar-refractivity contribution is 5.74. The zero-order valence-electron chi connectivity index (χ0n) is 13.9. The molecule has 1 aromatic heterocycles. The highest BCUT2D eigenvalue weighted by Crippen LogP contribution is 2.23. The molecule has 0 radical (unpaired) electrons. The summed E-state index contributed by atoms with van der Waals surface area (Å²) in [7, 11) is 0. The molecule has 1 aliphatic rings. The Kier molecular flexibility index (Phi) is 5.05. The molecule has 0 saturated carbocycles. The predicted octanol–water partition coefficient (Wildman–Crippen LogP) is 1.38. The number of rotatable bonds is 5. The molecule has 22 heavy (non-hydrogen) atoms. The van der Waals surface area contributed by atoms with Crippen molar-refractivity contribution in [2.24, 2.45) is 5.92 Å². The highest BCUT2D eigenvalue weighted by atomic mass is 16.3. The van der Waals surface area contributed by atoms with Crippen LogP contribution in [-0.2, 0) is 13.0 Å². The number of fused-ring (bicyclic) bond motifs is 1. The van der Waals surface area contributed by atoms with Gasteiger partial charge in [-0.2, -0.15) is 5.10 Å². The number of aromatic nitrogens is 3. The van der Waals surface area contributed by atoms with Crippen molar-refractivity contribution in [2.75, 3.05) is 6.54 Å². The van der Waals surface area contributed by atoms with Crippen LogP contribution in [0.3, 0.4) is 0 Å². The Labute approximate surface area is 131 Å². The fourth-order valence-corrected chi connectivity index (χ4v) is 2.36. The van der Waals surface area contributed by atoms with Crippen LogP contribution in [0.4, 0.5) is 4.79 Å². The summed E-state index contributed by atoms with van der Waals surface area (Å²) in [4.78, 5) is 16.6. The number of urea groups is 1. The van der Waals surface area contributed by atoms with Gasteiger partial charge in [0.2, 0.25) is 0 Å². The first-order valence-electron chi connectivity index (χ1n) is 8.04. The van der Waals surface area contributed by atoms with E-state index in [0.29, 0.717) is 0 Å². The van der Waals surface area contributed by atoms with Crippen LogP contribution in [-0.4, -0.2) is 38.0 Å². The van der Waals surface area contributed by atoms with Crippen molar-refractivity contribution < 1.29 is 9.90 Å². The minimum atomic E-state index is -0.917. The summed E-state index contributed by atoms with van der Waals surface area (Å²) in [5, 5.41) is 20.3. The third kappa shape index (κ3) is 3.76. The van der Waals surface area contributed by atoms with Crippen LogP contribution in [0.5, 0.6) is 0 Å². The molecule has 2 atom stereocenters. The van der Waals surface area contributed by atoms with E-state index in [-0.39, 0.29) is 24.5 Å². The van der Waals surface area contributed by atoms with E-state index in [1.54, 1.807) is 6.92 Å². The van der Waals surface area contributed by atoms with Gasteiger partial charge in [0.15, 0.2) is 5.82 Å². The molecule has 0 spiro atoms. The molecule has 3 N–H and O–H groups in total. The Morgan fingerprint density at radius 2 is 2.27 bits per heavy atom. The lowest BCUT2D eigenvalue weighted by Gasteiger charge is -2.29. The second-order valence-corrected chi connectivity index (χ2v) is 6.50. The molecule has 1 aliphatic heterocycles. The number of nitrogens with zero attached hydrogens (tertiary/aromatic N) is 3. The minimum Gasteiger partial charge on any atom is -0.388 e. The van der Waals surface area contributed by atoms with Crippen LogP contribution in [0.1, 0.15) is 58.2 Å². The number of hydrogen-bond acceptors (Lipinski definition) is 4. The summed E-state index contributed by atoms with van der Waals surface area (Å²) >= 11 is 0. The Morgan fingerprint density at radius 1 is 1.55 bits per heavy atom. The van der Waals surface area contributed by atoms with Gasteiger partial charge in [0.05, 0.1) is 11.6 Å². The molecule has 2 heterocycles. The number of hydrogen-bond donors (Lipinski definition) is 3. The van der Waals surface area contributed by atoms with Crippen LogP contribution in [0, 0.1) is 5.92 Å². The van der Waals surface area contributed by atoms with Gasteiger partial charge in [-0.25, -0.2) is 14.5 Å². The summed E-state index contributed by atoms with van der Waals surface area (Å²) in [6.45, 7) is 8.67. The zero-order valence-corrected chi connectivity index (χ0v) is 13.9. The maximum Gasteiger partial charge on any atom is 0.315 e. The largest absolute Gasteiger partial charge is 0.388 e. The Balaban J connectivity index is 1.94. The zero-order chi connectivity index (χ0) is 16.3.